The van der Waals surface area contributed by atoms with Gasteiger partial charge in [-0.2, -0.15) is 0 Å². The highest BCUT2D eigenvalue weighted by molar-refractivity contribution is 5.94. The Labute approximate surface area is 670 Å². The normalized spacial score (nSPS) is 13.4. The second-order valence-corrected chi connectivity index (χ2v) is 29.4. The third-order valence-corrected chi connectivity index (χ3v) is 20.5. The summed E-state index contributed by atoms with van der Waals surface area (Å²) < 4.78 is 22.6. The van der Waals surface area contributed by atoms with E-state index >= 15 is 0 Å². The summed E-state index contributed by atoms with van der Waals surface area (Å²) in [6, 6.07) is 5.68. The number of carbonyl (C=O) groups excluding carboxylic acids is 12. The van der Waals surface area contributed by atoms with Crippen LogP contribution in [0.2, 0.25) is 0 Å². The van der Waals surface area contributed by atoms with E-state index in [2.05, 4.69) is 31.6 Å². The average molecular weight is 1610 g/mol. The van der Waals surface area contributed by atoms with Gasteiger partial charge in [0.2, 0.25) is 29.5 Å². The van der Waals surface area contributed by atoms with E-state index in [4.69, 9.17) is 45.1 Å². The number of carboxylic acids is 4. The number of hydrogen-bond donors (Lipinski definition) is 11. The molecule has 0 fully saturated rings. The Morgan fingerprint density at radius 1 is 0.386 bits per heavy atom. The molecule has 0 radical (unpaired) electrons. The molecule has 642 valence electrons. The van der Waals surface area contributed by atoms with Crippen molar-refractivity contribution in [3.63, 3.8) is 0 Å². The Bertz CT molecular complexity index is 3300. The predicted molar refractivity (Wildman–Crippen MR) is 423 cm³/mol. The zero-order chi connectivity index (χ0) is 84.4. The molecule has 2 rings (SSSR count). The van der Waals surface area contributed by atoms with Crippen LogP contribution in [0.5, 0.6) is 0 Å². The molecule has 8 atom stereocenters. The van der Waals surface area contributed by atoms with Gasteiger partial charge in [-0.3, -0.25) is 76.7 Å². The van der Waals surface area contributed by atoms with E-state index in [1.54, 1.807) is 6.20 Å². The third-order valence-electron chi connectivity index (χ3n) is 20.5. The first-order valence-corrected chi connectivity index (χ1v) is 41.1. The number of ether oxygens (including phenoxy) is 4. The van der Waals surface area contributed by atoms with Crippen molar-refractivity contribution >= 4 is 105 Å². The molecule has 0 saturated heterocycles. The van der Waals surface area contributed by atoms with E-state index in [1.807, 2.05) is 45.0 Å². The average Bonchev–Trinajstić information content (AvgIpc) is 1.67. The van der Waals surface area contributed by atoms with Crippen molar-refractivity contribution in [3.05, 3.63) is 36.0 Å². The largest absolute Gasteiger partial charge is 0.481 e. The van der Waals surface area contributed by atoms with Crippen molar-refractivity contribution in [1.29, 1.82) is 0 Å². The van der Waals surface area contributed by atoms with Crippen LogP contribution in [0.25, 0.3) is 10.9 Å². The van der Waals surface area contributed by atoms with Crippen LogP contribution in [0.3, 0.4) is 0 Å². The molecule has 1 aromatic heterocycles. The molecule has 0 aliphatic rings. The molecule has 1 heterocycles. The maximum Gasteiger partial charge on any atom is 0.303 e. The summed E-state index contributed by atoms with van der Waals surface area (Å²) in [4.78, 5) is 208. The Morgan fingerprint density at radius 2 is 0.825 bits per heavy atom. The molecule has 8 unspecified atom stereocenters. The van der Waals surface area contributed by atoms with Gasteiger partial charge < -0.3 is 76.7 Å². The predicted octanol–water partition coefficient (Wildman–Crippen LogP) is 8.42. The number of likely N-dealkylation sites (N-methyl/N-ethyl adjacent to an activating group) is 1. The molecule has 0 bridgehead atoms. The number of unbranched alkanes of at least 4 members (excludes halogenated alkanes) is 4. The zero-order valence-electron chi connectivity index (χ0n) is 67.8. The lowest BCUT2D eigenvalue weighted by Crippen LogP contribution is -2.47. The summed E-state index contributed by atoms with van der Waals surface area (Å²) >= 11 is 0. The van der Waals surface area contributed by atoms with Gasteiger partial charge in [-0.15, -0.1) is 0 Å². The molecule has 0 aliphatic carbocycles. The number of ketones is 7. The molecule has 0 saturated carbocycles. The van der Waals surface area contributed by atoms with Gasteiger partial charge in [0.15, 0.2) is 0 Å². The fraction of sp³-hybridized carbons (Fsp3) is 0.711. The number of aromatic nitrogens is 1. The fourth-order valence-corrected chi connectivity index (χ4v) is 13.5. The highest BCUT2D eigenvalue weighted by atomic mass is 16.5. The van der Waals surface area contributed by atoms with Gasteiger partial charge >= 0.3 is 23.9 Å². The number of amides is 5. The van der Waals surface area contributed by atoms with Gasteiger partial charge in [0, 0.05) is 188 Å². The van der Waals surface area contributed by atoms with Crippen molar-refractivity contribution in [1.82, 2.24) is 31.6 Å². The van der Waals surface area contributed by atoms with Crippen molar-refractivity contribution < 1.29 is 116 Å². The van der Waals surface area contributed by atoms with Gasteiger partial charge in [-0.25, -0.2) is 0 Å². The first-order valence-electron chi connectivity index (χ1n) is 41.1. The van der Waals surface area contributed by atoms with Crippen molar-refractivity contribution in [2.24, 2.45) is 41.2 Å². The topological polar surface area (TPSA) is 493 Å². The quantitative estimate of drug-likeness (QED) is 0.0277. The van der Waals surface area contributed by atoms with E-state index in [1.165, 1.54) is 7.05 Å². The molecule has 31 nitrogen and oxygen atoms in total. The number of aromatic amines is 1. The molecule has 114 heavy (non-hydrogen) atoms. The SMILES string of the molecule is CCC(CCC(=O)O)C(=O)CCCOCCC(=O)CCCCCC(NC(=O)CCOCCNC(=O)C(CCC(=O)O)NC)C(=O)NCCCCC(CC(=O)C(CCCCNC(=O)CCOCCCC(=O)C(CC)CCC(=O)O)CC(=O)CCOCCCC(=O)C(CC)CCC(=O)O)C(=O)CC(Cc1c[nH]c2ccccc12)C(N)=O. The number of aliphatic carboxylic acids is 4. The number of benzene rings is 1. The number of H-pyrrole nitrogens is 1. The minimum Gasteiger partial charge on any atom is -0.481 e. The van der Waals surface area contributed by atoms with Crippen LogP contribution in [0.4, 0.5) is 0 Å². The molecule has 0 aliphatic heterocycles. The summed E-state index contributed by atoms with van der Waals surface area (Å²) in [6.45, 7) is 6.76. The summed E-state index contributed by atoms with van der Waals surface area (Å²) in [6.07, 6.45) is 8.46. The second kappa shape index (κ2) is 61.9. The molecule has 2 aromatic rings. The first-order chi connectivity index (χ1) is 54.6. The Balaban J connectivity index is 2.29. The van der Waals surface area contributed by atoms with E-state index < -0.39 is 89.0 Å². The highest BCUT2D eigenvalue weighted by Crippen LogP contribution is 2.29. The second-order valence-electron chi connectivity index (χ2n) is 29.4. The number of primary amides is 1. The minimum absolute atomic E-state index is 0.00443. The Kier molecular flexibility index (Phi) is 55.1. The standard InChI is InChI=1S/C83H131N7O24/c1-5-57(29-33-77(100)101)70(93)26-17-44-111-47-37-64(91)22-9-8-10-25-69(90-76(99)40-50-114-51-43-88-82(109)68(85-4)32-36-80(106)107)83(110)87-42-16-14-21-61(74(97)55-62(81(84)108)52-63-56-89-67-24-12-11-23-66(63)67)54-73(96)60(53-65(92)38-48-112-45-18-27-71(94)58(6-2)30-34-78(102)103)20-13-15-41-86-75(98)39-49-113-46-19-28-72(95)59(7-3)31-35-79(104)105/h11-12,23-24,56-62,68-69,85,89H,5-10,13-22,25-55H2,1-4H3,(H2,84,108)(H,86,98)(H,87,110)(H,88,109)(H,90,99)(H,100,101)(H,102,103)(H,104,105)(H,106,107). The first kappa shape index (κ1) is 102. The summed E-state index contributed by atoms with van der Waals surface area (Å²) in [7, 11) is 1.54. The van der Waals surface area contributed by atoms with Gasteiger partial charge in [0.05, 0.1) is 39.1 Å². The number of hydrogen-bond acceptors (Lipinski definition) is 21. The number of carbonyl (C=O) groups is 16. The van der Waals surface area contributed by atoms with Crippen LogP contribution in [0.1, 0.15) is 251 Å². The number of rotatable bonds is 76. The number of nitrogens with one attached hydrogen (secondary N) is 6. The lowest BCUT2D eigenvalue weighted by atomic mass is 9.81. The van der Waals surface area contributed by atoms with Crippen LogP contribution in [0.15, 0.2) is 30.5 Å². The summed E-state index contributed by atoms with van der Waals surface area (Å²) in [5.74, 6) is -11.5. The van der Waals surface area contributed by atoms with E-state index in [0.29, 0.717) is 83.5 Å². The maximum atomic E-state index is 14.8. The lowest BCUT2D eigenvalue weighted by molar-refractivity contribution is -0.138. The van der Waals surface area contributed by atoms with Gasteiger partial charge in [-0.1, -0.05) is 64.7 Å². The van der Waals surface area contributed by atoms with E-state index in [9.17, 15) is 76.7 Å². The smallest absolute Gasteiger partial charge is 0.303 e. The van der Waals surface area contributed by atoms with E-state index in [-0.39, 0.29) is 273 Å². The maximum absolute atomic E-state index is 14.8. The van der Waals surface area contributed by atoms with Crippen molar-refractivity contribution in [2.45, 2.75) is 264 Å². The Morgan fingerprint density at radius 3 is 1.33 bits per heavy atom. The zero-order valence-corrected chi connectivity index (χ0v) is 67.8. The number of fused-ring (bicyclic) bond motifs is 1. The number of para-hydroxylation sites is 1. The number of nitrogens with two attached hydrogens (primary N) is 1. The van der Waals surface area contributed by atoms with Crippen LogP contribution < -0.4 is 32.3 Å². The van der Waals surface area contributed by atoms with Crippen LogP contribution in [-0.4, -0.2) is 211 Å². The molecular formula is C83H131N7O24. The highest BCUT2D eigenvalue weighted by Gasteiger charge is 2.32. The fourth-order valence-electron chi connectivity index (χ4n) is 13.5. The van der Waals surface area contributed by atoms with Gasteiger partial charge in [0.1, 0.15) is 46.5 Å². The molecule has 5 amide bonds. The van der Waals surface area contributed by atoms with Crippen molar-refractivity contribution in [3.8, 4) is 0 Å². The van der Waals surface area contributed by atoms with Crippen LogP contribution >= 0.6 is 0 Å². The Hall–Kier alpha value is -8.52. The summed E-state index contributed by atoms with van der Waals surface area (Å²) in [5, 5.41) is 51.0. The van der Waals surface area contributed by atoms with Crippen LogP contribution in [0, 0.1) is 35.5 Å². The third kappa shape index (κ3) is 47.4. The number of carboxylic acid groups (broad SMARTS) is 4. The van der Waals surface area contributed by atoms with Crippen molar-refractivity contribution in [2.75, 3.05) is 79.5 Å². The van der Waals surface area contributed by atoms with E-state index in [0.717, 1.165) is 16.5 Å². The van der Waals surface area contributed by atoms with Crippen LogP contribution in [-0.2, 0) is 102 Å². The monoisotopic (exact) mass is 1610 g/mol. The number of Topliss-reactive ketones (excluding diaryl/α,β-unsaturated/α-hetero) is 7. The molecule has 1 aromatic carbocycles. The van der Waals surface area contributed by atoms with Gasteiger partial charge in [-0.05, 0) is 128 Å². The molecular weight excluding hydrogens is 1480 g/mol. The molecule has 31 heteroatoms. The lowest BCUT2D eigenvalue weighted by Gasteiger charge is -2.22. The molecule has 0 spiro atoms. The summed E-state index contributed by atoms with van der Waals surface area (Å²) in [5.41, 5.74) is 7.58. The minimum atomic E-state index is -1.05. The van der Waals surface area contributed by atoms with Gasteiger partial charge in [0.25, 0.3) is 0 Å². The molecule has 12 N–H and O–H groups in total.